The van der Waals surface area contributed by atoms with Crippen molar-refractivity contribution in [2.45, 2.75) is 132 Å². The van der Waals surface area contributed by atoms with Crippen LogP contribution in [0.1, 0.15) is 134 Å². The number of rotatable bonds is 8. The van der Waals surface area contributed by atoms with Crippen molar-refractivity contribution in [1.29, 1.82) is 0 Å². The topological polar surface area (TPSA) is 19.9 Å². The largest absolute Gasteiger partial charge is 0.289 e. The highest BCUT2D eigenvalue weighted by Gasteiger charge is 2.28. The van der Waals surface area contributed by atoms with Crippen LogP contribution in [0.5, 0.6) is 5.75 Å². The normalized spacial score (nSPS) is 19.8. The van der Waals surface area contributed by atoms with Crippen molar-refractivity contribution in [2.24, 2.45) is 0 Å². The maximum atomic E-state index is 13.5. The highest BCUT2D eigenvalue weighted by molar-refractivity contribution is 8.00. The molecule has 0 bridgehead atoms. The van der Waals surface area contributed by atoms with E-state index in [4.69, 9.17) is 0 Å². The summed E-state index contributed by atoms with van der Waals surface area (Å²) in [4.78, 5) is 1.36. The zero-order valence-electron chi connectivity index (χ0n) is 18.5. The summed E-state index contributed by atoms with van der Waals surface area (Å²) in [6.45, 7) is 7.05. The first-order chi connectivity index (χ1) is 13.5. The Bertz CT molecular complexity index is 570. The van der Waals surface area contributed by atoms with Crippen molar-refractivity contribution >= 4 is 11.8 Å². The minimum atomic E-state index is 0.243. The van der Waals surface area contributed by atoms with Crippen molar-refractivity contribution in [3.8, 4) is 5.75 Å². The third-order valence-electron chi connectivity index (χ3n) is 6.99. The molecule has 2 aliphatic carbocycles. The lowest BCUT2D eigenvalue weighted by Gasteiger charge is -2.29. The third kappa shape index (κ3) is 5.94. The Hall–Kier alpha value is -0.630. The Balaban J connectivity index is 1.87. The van der Waals surface area contributed by atoms with Gasteiger partial charge in [0.1, 0.15) is 0 Å². The van der Waals surface area contributed by atoms with E-state index in [9.17, 15) is 5.11 Å². The number of benzene rings is 1. The molecule has 0 saturated heterocycles. The minimum absolute atomic E-state index is 0.243. The van der Waals surface area contributed by atoms with Gasteiger partial charge in [-0.15, -0.1) is 11.8 Å². The van der Waals surface area contributed by atoms with Gasteiger partial charge < -0.3 is 0 Å². The molecule has 0 spiro atoms. The van der Waals surface area contributed by atoms with Crippen molar-refractivity contribution < 1.29 is 5.11 Å². The predicted octanol–water partition coefficient (Wildman–Crippen LogP) is 9.38. The number of thioether (sulfide) groups is 1. The molecule has 2 fully saturated rings. The Morgan fingerprint density at radius 1 is 0.857 bits per heavy atom. The summed E-state index contributed by atoms with van der Waals surface area (Å²) in [5, 5.41) is 13.5. The van der Waals surface area contributed by atoms with Gasteiger partial charge in [0.25, 0.3) is 0 Å². The Kier molecular flexibility index (Phi) is 8.21. The Labute approximate surface area is 178 Å². The molecule has 0 atom stereocenters. The molecule has 1 aromatic carbocycles. The van der Waals surface area contributed by atoms with E-state index in [0.29, 0.717) is 17.6 Å². The molecule has 0 heterocycles. The molecule has 0 unspecified atom stereocenters. The third-order valence-corrected chi connectivity index (χ3v) is 8.21. The predicted molar refractivity (Wildman–Crippen MR) is 122 cm³/mol. The van der Waals surface area contributed by atoms with Crippen LogP contribution < -0.4 is 0 Å². The lowest BCUT2D eigenvalue weighted by molar-refractivity contribution is 0.323. The first-order valence-corrected chi connectivity index (χ1v) is 12.9. The van der Waals surface area contributed by atoms with Gasteiger partial charge in [0.2, 0.25) is 0 Å². The maximum absolute atomic E-state index is 13.5. The molecule has 3 rings (SSSR count). The van der Waals surface area contributed by atoms with Gasteiger partial charge in [-0.2, -0.15) is 0 Å². The van der Waals surface area contributed by atoms with Crippen LogP contribution in [0.15, 0.2) is 17.0 Å². The van der Waals surface area contributed by atoms with Gasteiger partial charge in [0.05, 0.1) is 0 Å². The van der Waals surface area contributed by atoms with Crippen molar-refractivity contribution in [1.82, 2.24) is 0 Å². The SMILES string of the molecule is CCCCCC(C)(C)Sc1cc(C2CCCCC2)c([O])c(C2CCCCC2)c1. The second-order valence-electron chi connectivity index (χ2n) is 9.92. The second kappa shape index (κ2) is 10.4. The van der Waals surface area contributed by atoms with Crippen molar-refractivity contribution in [3.63, 3.8) is 0 Å². The van der Waals surface area contributed by atoms with Gasteiger partial charge in [-0.05, 0) is 56.1 Å². The fourth-order valence-electron chi connectivity index (χ4n) is 5.31. The van der Waals surface area contributed by atoms with E-state index in [1.807, 2.05) is 11.8 Å². The molecule has 1 radical (unpaired) electrons. The van der Waals surface area contributed by atoms with E-state index < -0.39 is 0 Å². The molecule has 1 aromatic rings. The molecule has 0 aliphatic heterocycles. The molecule has 2 saturated carbocycles. The summed E-state index contributed by atoms with van der Waals surface area (Å²) in [6.07, 6.45) is 17.9. The van der Waals surface area contributed by atoms with Gasteiger partial charge >= 0.3 is 0 Å². The first-order valence-electron chi connectivity index (χ1n) is 12.0. The van der Waals surface area contributed by atoms with Crippen LogP contribution in [0.4, 0.5) is 0 Å². The number of unbranched alkanes of at least 4 members (excludes halogenated alkanes) is 2. The van der Waals surface area contributed by atoms with E-state index in [1.54, 1.807) is 0 Å². The Morgan fingerprint density at radius 2 is 1.36 bits per heavy atom. The average molecular weight is 402 g/mol. The van der Waals surface area contributed by atoms with E-state index in [2.05, 4.69) is 32.9 Å². The van der Waals surface area contributed by atoms with Crippen LogP contribution in [0.3, 0.4) is 0 Å². The molecule has 0 aromatic heterocycles. The van der Waals surface area contributed by atoms with Gasteiger partial charge in [-0.3, -0.25) is 5.11 Å². The van der Waals surface area contributed by atoms with Gasteiger partial charge in [-0.25, -0.2) is 0 Å². The molecule has 0 amide bonds. The molecule has 1 nitrogen and oxygen atoms in total. The summed E-state index contributed by atoms with van der Waals surface area (Å²) in [5.41, 5.74) is 2.32. The van der Waals surface area contributed by atoms with Gasteiger partial charge in [-0.1, -0.05) is 78.6 Å². The summed E-state index contributed by atoms with van der Waals surface area (Å²) < 4.78 is 0.243. The quantitative estimate of drug-likeness (QED) is 0.314. The van der Waals surface area contributed by atoms with Gasteiger partial charge in [0.15, 0.2) is 5.75 Å². The fraction of sp³-hybridized carbons (Fsp3) is 0.769. The van der Waals surface area contributed by atoms with Crippen LogP contribution in [0.2, 0.25) is 0 Å². The van der Waals surface area contributed by atoms with Crippen LogP contribution >= 0.6 is 11.8 Å². The standard InChI is InChI=1S/C26H41OS/c1-4-5-12-17-26(2,3)28-22-18-23(20-13-8-6-9-14-20)25(27)24(19-22)21-15-10-7-11-16-21/h18-21H,4-17H2,1-3H3. The van der Waals surface area contributed by atoms with Crippen molar-refractivity contribution in [2.75, 3.05) is 0 Å². The highest BCUT2D eigenvalue weighted by atomic mass is 32.2. The molecule has 157 valence electrons. The minimum Gasteiger partial charge on any atom is -0.289 e. The molecule has 28 heavy (non-hydrogen) atoms. The molecule has 2 heteroatoms. The number of hydrogen-bond donors (Lipinski definition) is 0. The molecule has 0 N–H and O–H groups in total. The summed E-state index contributed by atoms with van der Waals surface area (Å²) >= 11 is 2.02. The second-order valence-corrected chi connectivity index (χ2v) is 11.7. The first kappa shape index (κ1) is 22.1. The molecular weight excluding hydrogens is 360 g/mol. The lowest BCUT2D eigenvalue weighted by atomic mass is 9.79. The van der Waals surface area contributed by atoms with Crippen LogP contribution in [-0.2, 0) is 5.11 Å². The summed E-state index contributed by atoms with van der Waals surface area (Å²) in [5.74, 6) is 1.42. The van der Waals surface area contributed by atoms with Crippen LogP contribution in [0, 0.1) is 0 Å². The zero-order valence-corrected chi connectivity index (χ0v) is 19.3. The summed E-state index contributed by atoms with van der Waals surface area (Å²) in [7, 11) is 0. The van der Waals surface area contributed by atoms with E-state index >= 15 is 0 Å². The molecule has 2 aliphatic rings. The highest BCUT2D eigenvalue weighted by Crippen LogP contribution is 2.47. The monoisotopic (exact) mass is 401 g/mol. The van der Waals surface area contributed by atoms with Crippen LogP contribution in [0.25, 0.3) is 0 Å². The van der Waals surface area contributed by atoms with Crippen LogP contribution in [-0.4, -0.2) is 4.75 Å². The lowest BCUT2D eigenvalue weighted by Crippen LogP contribution is -2.15. The smallest absolute Gasteiger partial charge is 0.185 e. The van der Waals surface area contributed by atoms with E-state index in [0.717, 1.165) is 11.1 Å². The average Bonchev–Trinajstić information content (AvgIpc) is 2.70. The zero-order chi connectivity index (χ0) is 20.0. The maximum Gasteiger partial charge on any atom is 0.185 e. The van der Waals surface area contributed by atoms with Gasteiger partial charge in [0, 0.05) is 20.8 Å². The number of hydrogen-bond acceptors (Lipinski definition) is 1. The van der Waals surface area contributed by atoms with E-state index in [-0.39, 0.29) is 4.75 Å². The van der Waals surface area contributed by atoms with Crippen molar-refractivity contribution in [3.05, 3.63) is 23.3 Å². The fourth-order valence-corrected chi connectivity index (χ4v) is 6.57. The Morgan fingerprint density at radius 3 is 1.82 bits per heavy atom. The molecular formula is C26H41OS. The van der Waals surface area contributed by atoms with E-state index in [1.165, 1.54) is 94.8 Å². The summed E-state index contributed by atoms with van der Waals surface area (Å²) in [6, 6.07) is 4.60.